The maximum atomic E-state index is 12.9. The van der Waals surface area contributed by atoms with Crippen LogP contribution in [0.5, 0.6) is 0 Å². The van der Waals surface area contributed by atoms with E-state index in [2.05, 4.69) is 65.8 Å². The number of benzene rings is 1. The van der Waals surface area contributed by atoms with Crippen molar-refractivity contribution in [1.29, 1.82) is 0 Å². The SMILES string of the molecule is CC(C)[C@@H]1CC[C@@H](C)C[C@H]1C(=O)Cc1ccc(C(C)(C)C)cc1. The van der Waals surface area contributed by atoms with Gasteiger partial charge in [-0.2, -0.15) is 0 Å². The van der Waals surface area contributed by atoms with E-state index in [-0.39, 0.29) is 11.3 Å². The van der Waals surface area contributed by atoms with Crippen LogP contribution < -0.4 is 0 Å². The number of carbonyl (C=O) groups excluding carboxylic acids is 1. The summed E-state index contributed by atoms with van der Waals surface area (Å²) in [6.45, 7) is 13.5. The van der Waals surface area contributed by atoms with Crippen molar-refractivity contribution < 1.29 is 4.79 Å². The molecule has 1 aliphatic carbocycles. The van der Waals surface area contributed by atoms with Gasteiger partial charge in [0.1, 0.15) is 5.78 Å². The Labute approximate surface area is 142 Å². The van der Waals surface area contributed by atoms with Gasteiger partial charge in [0, 0.05) is 12.3 Å². The van der Waals surface area contributed by atoms with Crippen molar-refractivity contribution in [3.8, 4) is 0 Å². The van der Waals surface area contributed by atoms with Gasteiger partial charge < -0.3 is 0 Å². The normalized spacial score (nSPS) is 25.6. The third-order valence-electron chi connectivity index (χ3n) is 5.63. The van der Waals surface area contributed by atoms with Gasteiger partial charge in [0.15, 0.2) is 0 Å². The van der Waals surface area contributed by atoms with Crippen LogP contribution >= 0.6 is 0 Å². The topological polar surface area (TPSA) is 17.1 Å². The van der Waals surface area contributed by atoms with Gasteiger partial charge in [-0.15, -0.1) is 0 Å². The summed E-state index contributed by atoms with van der Waals surface area (Å²) in [6, 6.07) is 8.67. The second-order valence-corrected chi connectivity index (χ2v) is 9.02. The lowest BCUT2D eigenvalue weighted by atomic mass is 9.68. The molecule has 1 saturated carbocycles. The highest BCUT2D eigenvalue weighted by atomic mass is 16.1. The molecule has 0 aliphatic heterocycles. The van der Waals surface area contributed by atoms with Crippen LogP contribution in [0.2, 0.25) is 0 Å². The van der Waals surface area contributed by atoms with Gasteiger partial charge in [-0.25, -0.2) is 0 Å². The van der Waals surface area contributed by atoms with Crippen molar-refractivity contribution >= 4 is 5.78 Å². The van der Waals surface area contributed by atoms with Crippen molar-refractivity contribution in [2.24, 2.45) is 23.7 Å². The van der Waals surface area contributed by atoms with Crippen LogP contribution in [0.1, 0.15) is 71.9 Å². The first kappa shape index (κ1) is 18.2. The molecule has 0 heterocycles. The summed E-state index contributed by atoms with van der Waals surface area (Å²) in [4.78, 5) is 12.9. The summed E-state index contributed by atoms with van der Waals surface area (Å²) >= 11 is 0. The zero-order valence-electron chi connectivity index (χ0n) is 15.9. The molecule has 3 atom stereocenters. The van der Waals surface area contributed by atoms with E-state index in [1.165, 1.54) is 24.0 Å². The minimum absolute atomic E-state index is 0.171. The summed E-state index contributed by atoms with van der Waals surface area (Å²) in [6.07, 6.45) is 4.19. The molecule has 0 saturated heterocycles. The summed E-state index contributed by atoms with van der Waals surface area (Å²) in [5.41, 5.74) is 2.67. The average molecular weight is 315 g/mol. The molecule has 0 N–H and O–H groups in total. The molecule has 0 aromatic heterocycles. The highest BCUT2D eigenvalue weighted by Gasteiger charge is 2.34. The molecule has 1 aromatic rings. The van der Waals surface area contributed by atoms with E-state index in [9.17, 15) is 4.79 Å². The minimum Gasteiger partial charge on any atom is -0.299 e. The van der Waals surface area contributed by atoms with E-state index in [0.717, 1.165) is 6.42 Å². The van der Waals surface area contributed by atoms with Crippen LogP contribution in [0.15, 0.2) is 24.3 Å². The molecule has 0 unspecified atom stereocenters. The number of rotatable bonds is 4. The molecule has 128 valence electrons. The Morgan fingerprint density at radius 1 is 1.13 bits per heavy atom. The number of ketones is 1. The Balaban J connectivity index is 2.07. The smallest absolute Gasteiger partial charge is 0.140 e. The van der Waals surface area contributed by atoms with E-state index < -0.39 is 0 Å². The molecular weight excluding hydrogens is 280 g/mol. The van der Waals surface area contributed by atoms with Crippen LogP contribution in [0.4, 0.5) is 0 Å². The molecule has 0 radical (unpaired) electrons. The molecule has 1 fully saturated rings. The number of Topliss-reactive ketones (excluding diaryl/α,β-unsaturated/α-hetero) is 1. The van der Waals surface area contributed by atoms with Crippen LogP contribution in [0, 0.1) is 23.7 Å². The van der Waals surface area contributed by atoms with E-state index in [1.807, 2.05) is 0 Å². The first-order chi connectivity index (χ1) is 10.7. The Bertz CT molecular complexity index is 518. The first-order valence-corrected chi connectivity index (χ1v) is 9.30. The van der Waals surface area contributed by atoms with Crippen molar-refractivity contribution in [3.63, 3.8) is 0 Å². The molecule has 1 aliphatic rings. The van der Waals surface area contributed by atoms with Crippen LogP contribution in [0.25, 0.3) is 0 Å². The fourth-order valence-electron chi connectivity index (χ4n) is 4.03. The Hall–Kier alpha value is -1.11. The largest absolute Gasteiger partial charge is 0.299 e. The fraction of sp³-hybridized carbons (Fsp3) is 0.682. The second kappa shape index (κ2) is 7.20. The quantitative estimate of drug-likeness (QED) is 0.686. The predicted octanol–water partition coefficient (Wildman–Crippen LogP) is 5.80. The van der Waals surface area contributed by atoms with Gasteiger partial charge in [0.05, 0.1) is 0 Å². The molecular formula is C22H34O. The first-order valence-electron chi connectivity index (χ1n) is 9.30. The van der Waals surface area contributed by atoms with Crippen LogP contribution in [-0.4, -0.2) is 5.78 Å². The zero-order chi connectivity index (χ0) is 17.2. The highest BCUT2D eigenvalue weighted by Crippen LogP contribution is 2.39. The lowest BCUT2D eigenvalue weighted by Gasteiger charge is -2.36. The van der Waals surface area contributed by atoms with Crippen molar-refractivity contribution in [2.75, 3.05) is 0 Å². The van der Waals surface area contributed by atoms with E-state index in [0.29, 0.717) is 30.0 Å². The summed E-state index contributed by atoms with van der Waals surface area (Å²) in [5, 5.41) is 0. The van der Waals surface area contributed by atoms with Crippen molar-refractivity contribution in [2.45, 2.75) is 72.6 Å². The third kappa shape index (κ3) is 4.68. The molecule has 0 bridgehead atoms. The number of hydrogen-bond acceptors (Lipinski definition) is 1. The molecule has 23 heavy (non-hydrogen) atoms. The number of carbonyl (C=O) groups is 1. The summed E-state index contributed by atoms with van der Waals surface area (Å²) in [7, 11) is 0. The van der Waals surface area contributed by atoms with Crippen molar-refractivity contribution in [3.05, 3.63) is 35.4 Å². The lowest BCUT2D eigenvalue weighted by Crippen LogP contribution is -2.34. The molecule has 2 rings (SSSR count). The Morgan fingerprint density at radius 2 is 1.74 bits per heavy atom. The minimum atomic E-state index is 0.171. The maximum Gasteiger partial charge on any atom is 0.140 e. The van der Waals surface area contributed by atoms with Crippen molar-refractivity contribution in [1.82, 2.24) is 0 Å². The highest BCUT2D eigenvalue weighted by molar-refractivity contribution is 5.83. The predicted molar refractivity (Wildman–Crippen MR) is 98.7 cm³/mol. The Kier molecular flexibility index (Phi) is 5.70. The molecule has 0 amide bonds. The maximum absolute atomic E-state index is 12.9. The van der Waals surface area contributed by atoms with Gasteiger partial charge in [-0.3, -0.25) is 4.79 Å². The summed E-state index contributed by atoms with van der Waals surface area (Å²) in [5.74, 6) is 2.61. The van der Waals surface area contributed by atoms with Gasteiger partial charge in [-0.1, -0.05) is 72.2 Å². The van der Waals surface area contributed by atoms with Crippen LogP contribution in [-0.2, 0) is 16.6 Å². The number of hydrogen-bond donors (Lipinski definition) is 0. The van der Waals surface area contributed by atoms with E-state index in [1.54, 1.807) is 0 Å². The zero-order valence-corrected chi connectivity index (χ0v) is 15.9. The van der Waals surface area contributed by atoms with Gasteiger partial charge in [-0.05, 0) is 47.1 Å². The third-order valence-corrected chi connectivity index (χ3v) is 5.63. The van der Waals surface area contributed by atoms with Gasteiger partial charge in [0.25, 0.3) is 0 Å². The molecule has 0 spiro atoms. The second-order valence-electron chi connectivity index (χ2n) is 9.02. The average Bonchev–Trinajstić information content (AvgIpc) is 2.46. The molecule has 1 heteroatoms. The Morgan fingerprint density at radius 3 is 2.26 bits per heavy atom. The van der Waals surface area contributed by atoms with E-state index >= 15 is 0 Å². The summed E-state index contributed by atoms with van der Waals surface area (Å²) < 4.78 is 0. The molecule has 1 aromatic carbocycles. The van der Waals surface area contributed by atoms with Gasteiger partial charge in [0.2, 0.25) is 0 Å². The van der Waals surface area contributed by atoms with Gasteiger partial charge >= 0.3 is 0 Å². The fourth-order valence-corrected chi connectivity index (χ4v) is 4.03. The van der Waals surface area contributed by atoms with Crippen LogP contribution in [0.3, 0.4) is 0 Å². The standard InChI is InChI=1S/C22H34O/c1-15(2)19-12-7-16(3)13-20(19)21(23)14-17-8-10-18(11-9-17)22(4,5)6/h8-11,15-16,19-20H,7,12-14H2,1-6H3/t16-,19+,20-/m1/s1. The molecule has 1 nitrogen and oxygen atoms in total. The lowest BCUT2D eigenvalue weighted by molar-refractivity contribution is -0.126. The monoisotopic (exact) mass is 314 g/mol. The van der Waals surface area contributed by atoms with E-state index in [4.69, 9.17) is 0 Å².